The fourth-order valence-electron chi connectivity index (χ4n) is 2.60. The summed E-state index contributed by atoms with van der Waals surface area (Å²) in [5.74, 6) is 1.03. The normalized spacial score (nSPS) is 17.2. The van der Waals surface area contributed by atoms with E-state index in [1.165, 1.54) is 25.7 Å². The van der Waals surface area contributed by atoms with E-state index in [9.17, 15) is 4.79 Å². The van der Waals surface area contributed by atoms with Crippen molar-refractivity contribution in [2.45, 2.75) is 38.5 Å². The average Bonchev–Trinajstić information content (AvgIpc) is 2.66. The maximum atomic E-state index is 12.4. The summed E-state index contributed by atoms with van der Waals surface area (Å²) in [5, 5.41) is 0.511. The highest BCUT2D eigenvalue weighted by molar-refractivity contribution is 6.32. The highest BCUT2D eigenvalue weighted by Gasteiger charge is 2.21. The minimum Gasteiger partial charge on any atom is -0.495 e. The van der Waals surface area contributed by atoms with E-state index in [4.69, 9.17) is 16.3 Å². The first kappa shape index (κ1) is 13.4. The zero-order valence-corrected chi connectivity index (χ0v) is 11.5. The smallest absolute Gasteiger partial charge is 0.165 e. The Labute approximate surface area is 113 Å². The van der Waals surface area contributed by atoms with Crippen LogP contribution in [0.3, 0.4) is 0 Å². The molecule has 0 aliphatic heterocycles. The summed E-state index contributed by atoms with van der Waals surface area (Å²) >= 11 is 6.07. The van der Waals surface area contributed by atoms with Crippen molar-refractivity contribution in [1.29, 1.82) is 0 Å². The second-order valence-corrected chi connectivity index (χ2v) is 5.31. The summed E-state index contributed by atoms with van der Waals surface area (Å²) in [5.41, 5.74) is 0.715. The van der Waals surface area contributed by atoms with Gasteiger partial charge in [0.05, 0.1) is 12.1 Å². The monoisotopic (exact) mass is 266 g/mol. The summed E-state index contributed by atoms with van der Waals surface area (Å²) in [6.07, 6.45) is 6.88. The third-order valence-corrected chi connectivity index (χ3v) is 3.96. The molecule has 0 spiro atoms. The maximum Gasteiger partial charge on any atom is 0.165 e. The van der Waals surface area contributed by atoms with Gasteiger partial charge in [0.25, 0.3) is 0 Å². The van der Waals surface area contributed by atoms with Crippen LogP contribution >= 0.6 is 11.6 Å². The van der Waals surface area contributed by atoms with Gasteiger partial charge in [-0.15, -0.1) is 0 Å². The van der Waals surface area contributed by atoms with E-state index in [0.717, 1.165) is 12.8 Å². The van der Waals surface area contributed by atoms with Crippen molar-refractivity contribution < 1.29 is 9.53 Å². The number of carbonyl (C=O) groups excluding carboxylic acids is 1. The number of rotatable bonds is 3. The zero-order chi connectivity index (χ0) is 13.0. The molecule has 18 heavy (non-hydrogen) atoms. The quantitative estimate of drug-likeness (QED) is 0.595. The fourth-order valence-corrected chi connectivity index (χ4v) is 2.85. The summed E-state index contributed by atoms with van der Waals surface area (Å²) in [7, 11) is 1.58. The van der Waals surface area contributed by atoms with Crippen molar-refractivity contribution in [1.82, 2.24) is 0 Å². The Morgan fingerprint density at radius 1 is 1.22 bits per heavy atom. The van der Waals surface area contributed by atoms with Crippen molar-refractivity contribution in [2.75, 3.05) is 7.11 Å². The molecular weight excluding hydrogens is 248 g/mol. The molecule has 1 fully saturated rings. The molecule has 0 amide bonds. The fraction of sp³-hybridized carbons (Fsp3) is 0.533. The molecular formula is C15H19ClO2. The van der Waals surface area contributed by atoms with E-state index in [0.29, 0.717) is 16.3 Å². The van der Waals surface area contributed by atoms with Crippen LogP contribution in [0.25, 0.3) is 0 Å². The Balaban J connectivity index is 2.14. The first-order valence-electron chi connectivity index (χ1n) is 6.60. The van der Waals surface area contributed by atoms with Crippen LogP contribution in [0.4, 0.5) is 0 Å². The number of methoxy groups -OCH3 is 1. The number of hydrogen-bond donors (Lipinski definition) is 0. The van der Waals surface area contributed by atoms with Crippen LogP contribution in [0, 0.1) is 5.92 Å². The number of carbonyl (C=O) groups is 1. The van der Waals surface area contributed by atoms with Crippen LogP contribution in [-0.2, 0) is 0 Å². The summed E-state index contributed by atoms with van der Waals surface area (Å²) in [6, 6.07) is 5.32. The van der Waals surface area contributed by atoms with E-state index < -0.39 is 0 Å². The van der Waals surface area contributed by atoms with Gasteiger partial charge in [-0.05, 0) is 31.0 Å². The molecule has 3 heteroatoms. The molecule has 1 saturated carbocycles. The van der Waals surface area contributed by atoms with E-state index in [2.05, 4.69) is 0 Å². The highest BCUT2D eigenvalue weighted by Crippen LogP contribution is 2.29. The Kier molecular flexibility index (Phi) is 4.65. The van der Waals surface area contributed by atoms with Crippen LogP contribution in [0.15, 0.2) is 18.2 Å². The lowest BCUT2D eigenvalue weighted by Crippen LogP contribution is -2.14. The molecule has 0 saturated heterocycles. The van der Waals surface area contributed by atoms with Crippen molar-refractivity contribution in [2.24, 2.45) is 5.92 Å². The van der Waals surface area contributed by atoms with E-state index >= 15 is 0 Å². The number of hydrogen-bond acceptors (Lipinski definition) is 2. The van der Waals surface area contributed by atoms with Crippen LogP contribution in [0.2, 0.25) is 5.02 Å². The Bertz CT molecular complexity index is 421. The molecule has 0 heterocycles. The number of benzene rings is 1. The molecule has 0 unspecified atom stereocenters. The second kappa shape index (κ2) is 6.24. The van der Waals surface area contributed by atoms with Gasteiger partial charge in [-0.25, -0.2) is 0 Å². The van der Waals surface area contributed by atoms with Crippen molar-refractivity contribution in [3.05, 3.63) is 28.8 Å². The van der Waals surface area contributed by atoms with Gasteiger partial charge in [-0.1, -0.05) is 37.3 Å². The first-order chi connectivity index (χ1) is 8.72. The van der Waals surface area contributed by atoms with Crippen LogP contribution in [0.1, 0.15) is 48.9 Å². The molecule has 0 bridgehead atoms. The van der Waals surface area contributed by atoms with Crippen molar-refractivity contribution >= 4 is 17.4 Å². The van der Waals surface area contributed by atoms with Crippen molar-refractivity contribution in [3.8, 4) is 5.75 Å². The summed E-state index contributed by atoms with van der Waals surface area (Å²) in [6.45, 7) is 0. The molecule has 2 rings (SSSR count). The summed E-state index contributed by atoms with van der Waals surface area (Å²) < 4.78 is 5.10. The molecule has 1 aliphatic rings. The number of Topliss-reactive ketones (excluding diaryl/α,β-unsaturated/α-hetero) is 1. The van der Waals surface area contributed by atoms with Gasteiger partial charge in [0, 0.05) is 11.5 Å². The van der Waals surface area contributed by atoms with Gasteiger partial charge in [0.15, 0.2) is 5.78 Å². The van der Waals surface area contributed by atoms with Crippen LogP contribution < -0.4 is 4.74 Å². The zero-order valence-electron chi connectivity index (χ0n) is 10.7. The minimum atomic E-state index is 0.178. The molecule has 1 aliphatic carbocycles. The minimum absolute atomic E-state index is 0.178. The number of ether oxygens (including phenoxy) is 1. The van der Waals surface area contributed by atoms with Gasteiger partial charge in [0.2, 0.25) is 0 Å². The Morgan fingerprint density at radius 3 is 2.44 bits per heavy atom. The third kappa shape index (κ3) is 3.05. The lowest BCUT2D eigenvalue weighted by molar-refractivity contribution is 0.0908. The summed E-state index contributed by atoms with van der Waals surface area (Å²) in [4.78, 5) is 12.4. The van der Waals surface area contributed by atoms with E-state index in [1.54, 1.807) is 19.2 Å². The molecule has 98 valence electrons. The van der Waals surface area contributed by atoms with Gasteiger partial charge in [0.1, 0.15) is 5.75 Å². The van der Waals surface area contributed by atoms with E-state index in [-0.39, 0.29) is 11.7 Å². The van der Waals surface area contributed by atoms with Crippen LogP contribution in [0.5, 0.6) is 5.75 Å². The maximum absolute atomic E-state index is 12.4. The SMILES string of the molecule is COc1ccc(C(=O)C2CCCCCC2)cc1Cl. The second-order valence-electron chi connectivity index (χ2n) is 4.90. The topological polar surface area (TPSA) is 26.3 Å². The standard InChI is InChI=1S/C15H19ClO2/c1-18-14-9-8-12(10-13(14)16)15(17)11-6-4-2-3-5-7-11/h8-11H,2-7H2,1H3. The Hall–Kier alpha value is -1.02. The van der Waals surface area contributed by atoms with E-state index in [1.807, 2.05) is 6.07 Å². The van der Waals surface area contributed by atoms with Crippen molar-refractivity contribution in [3.63, 3.8) is 0 Å². The molecule has 1 aromatic carbocycles. The lowest BCUT2D eigenvalue weighted by Gasteiger charge is -2.13. The molecule has 0 aromatic heterocycles. The number of halogens is 1. The molecule has 0 atom stereocenters. The van der Waals surface area contributed by atoms with Gasteiger partial charge < -0.3 is 4.74 Å². The highest BCUT2D eigenvalue weighted by atomic mass is 35.5. The average molecular weight is 267 g/mol. The van der Waals surface area contributed by atoms with Gasteiger partial charge in [-0.2, -0.15) is 0 Å². The predicted molar refractivity (Wildman–Crippen MR) is 73.5 cm³/mol. The Morgan fingerprint density at radius 2 is 1.89 bits per heavy atom. The first-order valence-corrected chi connectivity index (χ1v) is 6.98. The molecule has 0 N–H and O–H groups in total. The molecule has 1 aromatic rings. The van der Waals surface area contributed by atoms with Crippen LogP contribution in [-0.4, -0.2) is 12.9 Å². The largest absolute Gasteiger partial charge is 0.495 e. The van der Waals surface area contributed by atoms with Gasteiger partial charge in [-0.3, -0.25) is 4.79 Å². The number of ketones is 1. The molecule has 0 radical (unpaired) electrons. The molecule has 2 nitrogen and oxygen atoms in total. The van der Waals surface area contributed by atoms with Gasteiger partial charge >= 0.3 is 0 Å². The lowest BCUT2D eigenvalue weighted by atomic mass is 9.91. The predicted octanol–water partition coefficient (Wildman–Crippen LogP) is 4.50. The third-order valence-electron chi connectivity index (χ3n) is 3.66.